The Bertz CT molecular complexity index is 468. The summed E-state index contributed by atoms with van der Waals surface area (Å²) in [7, 11) is 0. The summed E-state index contributed by atoms with van der Waals surface area (Å²) in [4.78, 5) is 11.1. The van der Waals surface area contributed by atoms with Crippen molar-refractivity contribution >= 4 is 17.7 Å². The molecule has 1 aromatic heterocycles. The van der Waals surface area contributed by atoms with Crippen LogP contribution in [0.2, 0.25) is 0 Å². The Kier molecular flexibility index (Phi) is 3.77. The van der Waals surface area contributed by atoms with E-state index < -0.39 is 5.97 Å². The largest absolute Gasteiger partial charge is 0.481 e. The molecule has 1 N–H and O–H groups in total. The zero-order valence-corrected chi connectivity index (χ0v) is 11.7. The molecule has 0 amide bonds. The first-order valence-electron chi connectivity index (χ1n) is 6.95. The molecule has 19 heavy (non-hydrogen) atoms. The second-order valence-electron chi connectivity index (χ2n) is 5.48. The fourth-order valence-electron chi connectivity index (χ4n) is 2.94. The molecule has 2 aliphatic rings. The van der Waals surface area contributed by atoms with Crippen LogP contribution >= 0.6 is 11.8 Å². The summed E-state index contributed by atoms with van der Waals surface area (Å²) in [6, 6.07) is 0. The van der Waals surface area contributed by atoms with Crippen LogP contribution in [0.3, 0.4) is 0 Å². The molecule has 0 aliphatic carbocycles. The van der Waals surface area contributed by atoms with Gasteiger partial charge >= 0.3 is 5.97 Å². The van der Waals surface area contributed by atoms with E-state index >= 15 is 0 Å². The molecule has 0 saturated carbocycles. The van der Waals surface area contributed by atoms with Crippen molar-refractivity contribution in [1.29, 1.82) is 0 Å². The summed E-state index contributed by atoms with van der Waals surface area (Å²) in [6.45, 7) is 0.550. The normalized spacial score (nSPS) is 24.1. The van der Waals surface area contributed by atoms with Gasteiger partial charge in [-0.2, -0.15) is 11.8 Å². The first kappa shape index (κ1) is 13.0. The second-order valence-corrected chi connectivity index (χ2v) is 6.70. The molecule has 1 atom stereocenters. The van der Waals surface area contributed by atoms with E-state index in [0.29, 0.717) is 18.9 Å². The minimum absolute atomic E-state index is 0.274. The van der Waals surface area contributed by atoms with E-state index in [1.54, 1.807) is 0 Å². The molecule has 2 aliphatic heterocycles. The Morgan fingerprint density at radius 2 is 2.11 bits per heavy atom. The van der Waals surface area contributed by atoms with Gasteiger partial charge in [-0.1, -0.05) is 0 Å². The lowest BCUT2D eigenvalue weighted by molar-refractivity contribution is -0.142. The summed E-state index contributed by atoms with van der Waals surface area (Å²) in [6.07, 6.45) is 4.88. The number of carboxylic acid groups (broad SMARTS) is 1. The predicted molar refractivity (Wildman–Crippen MR) is 73.2 cm³/mol. The number of carbonyl (C=O) groups is 1. The van der Waals surface area contributed by atoms with Crippen molar-refractivity contribution < 1.29 is 9.90 Å². The van der Waals surface area contributed by atoms with E-state index in [-0.39, 0.29) is 5.92 Å². The number of rotatable bonds is 3. The lowest BCUT2D eigenvalue weighted by Crippen LogP contribution is -2.28. The fourth-order valence-corrected chi connectivity index (χ4v) is 4.15. The Morgan fingerprint density at radius 1 is 1.32 bits per heavy atom. The Hall–Kier alpha value is -1.04. The number of hydrogen-bond donors (Lipinski definition) is 1. The van der Waals surface area contributed by atoms with Crippen LogP contribution in [0.5, 0.6) is 0 Å². The van der Waals surface area contributed by atoms with Crippen molar-refractivity contribution in [3.63, 3.8) is 0 Å². The minimum atomic E-state index is -0.695. The lowest BCUT2D eigenvalue weighted by Gasteiger charge is -2.24. The molecule has 1 unspecified atom stereocenters. The topological polar surface area (TPSA) is 68.0 Å². The van der Waals surface area contributed by atoms with Gasteiger partial charge in [-0.25, -0.2) is 0 Å². The number of aryl methyl sites for hydroxylation is 1. The van der Waals surface area contributed by atoms with Crippen molar-refractivity contribution in [2.45, 2.75) is 38.6 Å². The highest BCUT2D eigenvalue weighted by molar-refractivity contribution is 7.99. The molecule has 1 fully saturated rings. The van der Waals surface area contributed by atoms with Gasteiger partial charge in [0.15, 0.2) is 0 Å². The van der Waals surface area contributed by atoms with Crippen LogP contribution in [-0.4, -0.2) is 37.3 Å². The maximum absolute atomic E-state index is 11.1. The van der Waals surface area contributed by atoms with E-state index in [9.17, 15) is 4.79 Å². The third kappa shape index (κ3) is 2.78. The molecule has 0 radical (unpaired) electrons. The highest BCUT2D eigenvalue weighted by Crippen LogP contribution is 2.27. The van der Waals surface area contributed by atoms with Gasteiger partial charge in [0.2, 0.25) is 0 Å². The molecule has 3 rings (SSSR count). The van der Waals surface area contributed by atoms with Gasteiger partial charge in [-0.05, 0) is 36.7 Å². The fraction of sp³-hybridized carbons (Fsp3) is 0.769. The van der Waals surface area contributed by atoms with Crippen LogP contribution in [0, 0.1) is 11.8 Å². The summed E-state index contributed by atoms with van der Waals surface area (Å²) in [5, 5.41) is 17.7. The summed E-state index contributed by atoms with van der Waals surface area (Å²) >= 11 is 2.02. The van der Waals surface area contributed by atoms with Gasteiger partial charge in [0, 0.05) is 19.4 Å². The Balaban J connectivity index is 1.73. The highest BCUT2D eigenvalue weighted by Gasteiger charge is 2.28. The number of nitrogens with zero attached hydrogens (tertiary/aromatic N) is 3. The van der Waals surface area contributed by atoms with Crippen LogP contribution in [0.25, 0.3) is 0 Å². The molecule has 1 saturated heterocycles. The summed E-state index contributed by atoms with van der Waals surface area (Å²) in [5.41, 5.74) is 0. The number of thioether (sulfide) groups is 1. The van der Waals surface area contributed by atoms with Crippen LogP contribution in [-0.2, 0) is 24.2 Å². The highest BCUT2D eigenvalue weighted by atomic mass is 32.2. The van der Waals surface area contributed by atoms with E-state index in [0.717, 1.165) is 24.5 Å². The van der Waals surface area contributed by atoms with Crippen molar-refractivity contribution in [2.24, 2.45) is 11.8 Å². The standard InChI is InChI=1S/C13H19N3O2S/c17-13(18)10-1-2-11-14-15-12(16(11)8-10)7-9-3-5-19-6-4-9/h9-10H,1-8H2,(H,17,18). The van der Waals surface area contributed by atoms with Gasteiger partial charge in [-0.15, -0.1) is 10.2 Å². The number of aliphatic carboxylic acids is 1. The van der Waals surface area contributed by atoms with Gasteiger partial charge in [0.25, 0.3) is 0 Å². The summed E-state index contributed by atoms with van der Waals surface area (Å²) in [5.74, 6) is 4.17. The maximum atomic E-state index is 11.1. The van der Waals surface area contributed by atoms with E-state index in [1.165, 1.54) is 24.3 Å². The van der Waals surface area contributed by atoms with Crippen molar-refractivity contribution in [2.75, 3.05) is 11.5 Å². The number of hydrogen-bond acceptors (Lipinski definition) is 4. The molecular weight excluding hydrogens is 262 g/mol. The van der Waals surface area contributed by atoms with Gasteiger partial charge in [0.1, 0.15) is 11.6 Å². The van der Waals surface area contributed by atoms with Crippen LogP contribution in [0.15, 0.2) is 0 Å². The van der Waals surface area contributed by atoms with Crippen molar-refractivity contribution in [1.82, 2.24) is 14.8 Å². The molecule has 0 aromatic carbocycles. The second kappa shape index (κ2) is 5.53. The van der Waals surface area contributed by atoms with Crippen LogP contribution < -0.4 is 0 Å². The van der Waals surface area contributed by atoms with Crippen LogP contribution in [0.4, 0.5) is 0 Å². The smallest absolute Gasteiger partial charge is 0.308 e. The average Bonchev–Trinajstić information content (AvgIpc) is 2.82. The van der Waals surface area contributed by atoms with Crippen molar-refractivity contribution in [3.8, 4) is 0 Å². The molecule has 3 heterocycles. The Labute approximate surface area is 116 Å². The van der Waals surface area contributed by atoms with Gasteiger partial charge in [-0.3, -0.25) is 4.79 Å². The average molecular weight is 281 g/mol. The molecule has 1 aromatic rings. The minimum Gasteiger partial charge on any atom is -0.481 e. The number of carboxylic acids is 1. The molecule has 104 valence electrons. The molecular formula is C13H19N3O2S. The third-order valence-electron chi connectivity index (χ3n) is 4.18. The molecule has 5 nitrogen and oxygen atoms in total. The molecule has 6 heteroatoms. The van der Waals surface area contributed by atoms with Crippen molar-refractivity contribution in [3.05, 3.63) is 11.6 Å². The zero-order valence-electron chi connectivity index (χ0n) is 10.9. The van der Waals surface area contributed by atoms with E-state index in [1.807, 2.05) is 11.8 Å². The zero-order chi connectivity index (χ0) is 13.2. The molecule has 0 spiro atoms. The van der Waals surface area contributed by atoms with Gasteiger partial charge in [0.05, 0.1) is 5.92 Å². The number of fused-ring (bicyclic) bond motifs is 1. The van der Waals surface area contributed by atoms with E-state index in [4.69, 9.17) is 5.11 Å². The Morgan fingerprint density at radius 3 is 2.84 bits per heavy atom. The molecule has 0 bridgehead atoms. The monoisotopic (exact) mass is 281 g/mol. The summed E-state index contributed by atoms with van der Waals surface area (Å²) < 4.78 is 2.06. The predicted octanol–water partition coefficient (Wildman–Crippen LogP) is 1.61. The van der Waals surface area contributed by atoms with E-state index in [2.05, 4.69) is 14.8 Å². The SMILES string of the molecule is O=C(O)C1CCc2nnc(CC3CCSCC3)n2C1. The first-order chi connectivity index (χ1) is 9.24. The first-order valence-corrected chi connectivity index (χ1v) is 8.11. The maximum Gasteiger partial charge on any atom is 0.308 e. The lowest BCUT2D eigenvalue weighted by atomic mass is 9.96. The quantitative estimate of drug-likeness (QED) is 0.911. The third-order valence-corrected chi connectivity index (χ3v) is 5.23. The van der Waals surface area contributed by atoms with Gasteiger partial charge < -0.3 is 9.67 Å². The number of aromatic nitrogens is 3. The van der Waals surface area contributed by atoms with Crippen LogP contribution in [0.1, 0.15) is 30.9 Å².